The lowest BCUT2D eigenvalue weighted by Crippen LogP contribution is -2.16. The van der Waals surface area contributed by atoms with Gasteiger partial charge in [0.15, 0.2) is 0 Å². The number of amides is 1. The number of benzene rings is 2. The normalized spacial score (nSPS) is 10.4. The summed E-state index contributed by atoms with van der Waals surface area (Å²) < 4.78 is 4.99. The van der Waals surface area contributed by atoms with Crippen molar-refractivity contribution in [3.8, 4) is 0 Å². The topological polar surface area (TPSA) is 93.5 Å². The van der Waals surface area contributed by atoms with Gasteiger partial charge < -0.3 is 15.4 Å². The predicted molar refractivity (Wildman–Crippen MR) is 102 cm³/mol. The lowest BCUT2D eigenvalue weighted by Gasteiger charge is -2.14. The van der Waals surface area contributed by atoms with Crippen LogP contribution in [0, 0.1) is 17.0 Å². The Morgan fingerprint density at radius 1 is 1.27 bits per heavy atom. The summed E-state index contributed by atoms with van der Waals surface area (Å²) >= 11 is 6.07. The smallest absolute Gasteiger partial charge is 0.270 e. The molecule has 26 heavy (non-hydrogen) atoms. The number of nitrogens with one attached hydrogen (secondary N) is 2. The molecule has 0 aliphatic carbocycles. The second kappa shape index (κ2) is 9.17. The molecule has 0 aliphatic rings. The van der Waals surface area contributed by atoms with Crippen molar-refractivity contribution >= 4 is 34.6 Å². The number of non-ortho nitro benzene ring substituents is 1. The van der Waals surface area contributed by atoms with Crippen LogP contribution in [0.3, 0.4) is 0 Å². The van der Waals surface area contributed by atoms with Crippen molar-refractivity contribution in [1.29, 1.82) is 0 Å². The summed E-state index contributed by atoms with van der Waals surface area (Å²) in [7, 11) is 1.61. The molecule has 0 aromatic heterocycles. The molecule has 0 fully saturated rings. The van der Waals surface area contributed by atoms with Gasteiger partial charge >= 0.3 is 0 Å². The quantitative estimate of drug-likeness (QED) is 0.407. The summed E-state index contributed by atoms with van der Waals surface area (Å²) in [6, 6.07) is 9.33. The van der Waals surface area contributed by atoms with Crippen molar-refractivity contribution in [2.75, 3.05) is 30.9 Å². The third-order valence-corrected chi connectivity index (χ3v) is 4.22. The zero-order valence-corrected chi connectivity index (χ0v) is 15.3. The molecular formula is C18H20ClN3O4. The lowest BCUT2D eigenvalue weighted by molar-refractivity contribution is -0.384. The van der Waals surface area contributed by atoms with Crippen LogP contribution in [0.4, 0.5) is 17.1 Å². The van der Waals surface area contributed by atoms with Gasteiger partial charge in [-0.2, -0.15) is 0 Å². The maximum absolute atomic E-state index is 12.7. The van der Waals surface area contributed by atoms with E-state index in [0.717, 1.165) is 12.0 Å². The van der Waals surface area contributed by atoms with E-state index in [9.17, 15) is 14.9 Å². The largest absolute Gasteiger partial charge is 0.385 e. The molecule has 0 radical (unpaired) electrons. The third kappa shape index (κ3) is 4.93. The number of carbonyl (C=O) groups excluding carboxylic acids is 1. The molecule has 2 rings (SSSR count). The molecule has 2 aromatic rings. The number of nitrogens with zero attached hydrogens (tertiary/aromatic N) is 1. The highest BCUT2D eigenvalue weighted by Gasteiger charge is 2.18. The van der Waals surface area contributed by atoms with Crippen molar-refractivity contribution in [2.45, 2.75) is 13.3 Å². The highest BCUT2D eigenvalue weighted by molar-refractivity contribution is 6.31. The molecule has 0 heterocycles. The number of rotatable bonds is 8. The molecule has 2 aromatic carbocycles. The van der Waals surface area contributed by atoms with E-state index in [2.05, 4.69) is 10.6 Å². The van der Waals surface area contributed by atoms with Gasteiger partial charge in [-0.3, -0.25) is 14.9 Å². The molecule has 2 N–H and O–H groups in total. The van der Waals surface area contributed by atoms with E-state index in [1.54, 1.807) is 32.2 Å². The highest BCUT2D eigenvalue weighted by atomic mass is 35.5. The van der Waals surface area contributed by atoms with Crippen molar-refractivity contribution < 1.29 is 14.5 Å². The Morgan fingerprint density at radius 2 is 2.04 bits per heavy atom. The van der Waals surface area contributed by atoms with Gasteiger partial charge in [0.05, 0.1) is 10.5 Å². The molecule has 1 amide bonds. The van der Waals surface area contributed by atoms with E-state index in [1.165, 1.54) is 18.2 Å². The predicted octanol–water partition coefficient (Wildman–Crippen LogP) is 4.26. The summed E-state index contributed by atoms with van der Waals surface area (Å²) in [6.07, 6.45) is 0.738. The number of nitro groups is 1. The summed E-state index contributed by atoms with van der Waals surface area (Å²) in [5.74, 6) is -0.451. The van der Waals surface area contributed by atoms with Gasteiger partial charge in [-0.15, -0.1) is 0 Å². The van der Waals surface area contributed by atoms with Gasteiger partial charge in [-0.25, -0.2) is 0 Å². The van der Waals surface area contributed by atoms with Crippen LogP contribution in [0.1, 0.15) is 22.3 Å². The van der Waals surface area contributed by atoms with Gasteiger partial charge in [0, 0.05) is 48.8 Å². The van der Waals surface area contributed by atoms with Gasteiger partial charge in [0.25, 0.3) is 11.6 Å². The zero-order valence-electron chi connectivity index (χ0n) is 14.5. The molecule has 0 unspecified atom stereocenters. The average molecular weight is 378 g/mol. The van der Waals surface area contributed by atoms with E-state index in [1.807, 2.05) is 0 Å². The van der Waals surface area contributed by atoms with Crippen LogP contribution in [0.25, 0.3) is 0 Å². The number of methoxy groups -OCH3 is 1. The van der Waals surface area contributed by atoms with Crippen LogP contribution in [0.2, 0.25) is 5.02 Å². The maximum Gasteiger partial charge on any atom is 0.270 e. The minimum absolute atomic E-state index is 0.152. The Hall–Kier alpha value is -2.64. The van der Waals surface area contributed by atoms with Gasteiger partial charge in [0.1, 0.15) is 0 Å². The lowest BCUT2D eigenvalue weighted by atomic mass is 10.1. The molecule has 7 nitrogen and oxygen atoms in total. The van der Waals surface area contributed by atoms with E-state index in [-0.39, 0.29) is 11.3 Å². The molecule has 8 heteroatoms. The molecule has 0 saturated carbocycles. The molecule has 0 aliphatic heterocycles. The number of ether oxygens (including phenoxy) is 1. The Labute approximate surface area is 156 Å². The number of anilines is 2. The first-order valence-electron chi connectivity index (χ1n) is 8.01. The van der Waals surface area contributed by atoms with E-state index in [4.69, 9.17) is 16.3 Å². The number of carbonyl (C=O) groups is 1. The first-order valence-corrected chi connectivity index (χ1v) is 8.39. The Morgan fingerprint density at radius 3 is 2.73 bits per heavy atom. The highest BCUT2D eigenvalue weighted by Crippen LogP contribution is 2.26. The first kappa shape index (κ1) is 19.7. The minimum atomic E-state index is -0.532. The van der Waals surface area contributed by atoms with Crippen LogP contribution in [-0.4, -0.2) is 31.1 Å². The van der Waals surface area contributed by atoms with Crippen LogP contribution in [0.15, 0.2) is 36.4 Å². The third-order valence-electron chi connectivity index (χ3n) is 3.82. The van der Waals surface area contributed by atoms with E-state index >= 15 is 0 Å². The summed E-state index contributed by atoms with van der Waals surface area (Å²) in [5.41, 5.74) is 1.84. The van der Waals surface area contributed by atoms with Crippen LogP contribution in [-0.2, 0) is 4.74 Å². The minimum Gasteiger partial charge on any atom is -0.385 e. The molecule has 138 valence electrons. The fraction of sp³-hybridized carbons (Fsp3) is 0.278. The summed E-state index contributed by atoms with van der Waals surface area (Å²) in [5, 5.41) is 17.5. The van der Waals surface area contributed by atoms with Crippen molar-refractivity contribution in [1.82, 2.24) is 0 Å². The number of nitro benzene ring substituents is 1. The zero-order chi connectivity index (χ0) is 19.1. The Bertz CT molecular complexity index is 811. The van der Waals surface area contributed by atoms with E-state index < -0.39 is 10.8 Å². The second-order valence-corrected chi connectivity index (χ2v) is 6.03. The molecule has 0 bridgehead atoms. The fourth-order valence-corrected chi connectivity index (χ4v) is 2.53. The Kier molecular flexibility index (Phi) is 6.94. The maximum atomic E-state index is 12.7. The van der Waals surface area contributed by atoms with Gasteiger partial charge in [0.2, 0.25) is 0 Å². The molecule has 0 saturated heterocycles. The van der Waals surface area contributed by atoms with Crippen molar-refractivity contribution in [3.05, 3.63) is 62.7 Å². The Balaban J connectivity index is 2.28. The number of halogens is 1. The monoisotopic (exact) mass is 377 g/mol. The van der Waals surface area contributed by atoms with E-state index in [0.29, 0.717) is 29.5 Å². The van der Waals surface area contributed by atoms with Crippen molar-refractivity contribution in [2.24, 2.45) is 0 Å². The average Bonchev–Trinajstić information content (AvgIpc) is 2.62. The van der Waals surface area contributed by atoms with Crippen molar-refractivity contribution in [3.63, 3.8) is 0 Å². The first-order chi connectivity index (χ1) is 12.4. The molecular weight excluding hydrogens is 358 g/mol. The second-order valence-electron chi connectivity index (χ2n) is 5.63. The molecule has 0 spiro atoms. The molecule has 0 atom stereocenters. The number of hydrogen-bond donors (Lipinski definition) is 2. The van der Waals surface area contributed by atoms with Gasteiger partial charge in [-0.05, 0) is 37.1 Å². The standard InChI is InChI=1S/C18H20ClN3O4/c1-12-15(19)5-3-6-16(12)21-18(23)14-11-13(22(24)25)7-8-17(14)20-9-4-10-26-2/h3,5-8,11,20H,4,9-10H2,1-2H3,(H,21,23). The van der Waals surface area contributed by atoms with Crippen LogP contribution < -0.4 is 10.6 Å². The van der Waals surface area contributed by atoms with Crippen LogP contribution in [0.5, 0.6) is 0 Å². The van der Waals surface area contributed by atoms with Crippen LogP contribution >= 0.6 is 11.6 Å². The summed E-state index contributed by atoms with van der Waals surface area (Å²) in [4.78, 5) is 23.3. The number of hydrogen-bond acceptors (Lipinski definition) is 5. The summed E-state index contributed by atoms with van der Waals surface area (Å²) in [6.45, 7) is 2.93. The van der Waals surface area contributed by atoms with Gasteiger partial charge in [-0.1, -0.05) is 17.7 Å². The SMILES string of the molecule is COCCCNc1ccc([N+](=O)[O-])cc1C(=O)Nc1cccc(Cl)c1C. The fourth-order valence-electron chi connectivity index (χ4n) is 2.36.